The molecule has 2 heterocycles. The number of thiophene rings is 1. The molecule has 4 nitrogen and oxygen atoms in total. The molecule has 1 aliphatic heterocycles. The number of piperidine rings is 1. The SMILES string of the molecule is CC1CCCC(C)N1C(=O)COC(=O)/C=C/c1cccs1. The van der Waals surface area contributed by atoms with Crippen LogP contribution in [0.25, 0.3) is 6.08 Å². The van der Waals surface area contributed by atoms with Crippen LogP contribution in [0, 0.1) is 0 Å². The van der Waals surface area contributed by atoms with Crippen LogP contribution in [0.3, 0.4) is 0 Å². The van der Waals surface area contributed by atoms with Gasteiger partial charge in [-0.15, -0.1) is 11.3 Å². The number of likely N-dealkylation sites (tertiary alicyclic amines) is 1. The van der Waals surface area contributed by atoms with Crippen LogP contribution in [0.4, 0.5) is 0 Å². The molecule has 1 aliphatic rings. The number of carbonyl (C=O) groups excluding carboxylic acids is 2. The smallest absolute Gasteiger partial charge is 0.331 e. The van der Waals surface area contributed by atoms with E-state index in [0.29, 0.717) is 0 Å². The highest BCUT2D eigenvalue weighted by Gasteiger charge is 2.29. The zero-order valence-electron chi connectivity index (χ0n) is 12.5. The first kappa shape index (κ1) is 15.8. The van der Waals surface area contributed by atoms with E-state index < -0.39 is 5.97 Å². The lowest BCUT2D eigenvalue weighted by atomic mass is 9.97. The maximum atomic E-state index is 12.2. The molecule has 0 radical (unpaired) electrons. The molecule has 114 valence electrons. The van der Waals surface area contributed by atoms with Gasteiger partial charge in [0.05, 0.1) is 0 Å². The molecule has 0 aliphatic carbocycles. The summed E-state index contributed by atoms with van der Waals surface area (Å²) in [4.78, 5) is 26.6. The third kappa shape index (κ3) is 4.43. The van der Waals surface area contributed by atoms with E-state index >= 15 is 0 Å². The number of hydrogen-bond acceptors (Lipinski definition) is 4. The van der Waals surface area contributed by atoms with Crippen LogP contribution in [-0.2, 0) is 14.3 Å². The summed E-state index contributed by atoms with van der Waals surface area (Å²) in [5, 5.41) is 1.94. The van der Waals surface area contributed by atoms with E-state index in [4.69, 9.17) is 4.74 Å². The fourth-order valence-electron chi connectivity index (χ4n) is 2.70. The van der Waals surface area contributed by atoms with Gasteiger partial charge in [-0.1, -0.05) is 6.07 Å². The van der Waals surface area contributed by atoms with Crippen molar-refractivity contribution in [2.24, 2.45) is 0 Å². The molecule has 0 saturated carbocycles. The van der Waals surface area contributed by atoms with Crippen LogP contribution in [0.2, 0.25) is 0 Å². The lowest BCUT2D eigenvalue weighted by molar-refractivity contribution is -0.151. The molecule has 1 saturated heterocycles. The van der Waals surface area contributed by atoms with Crippen molar-refractivity contribution in [3.8, 4) is 0 Å². The fraction of sp³-hybridized carbons (Fsp3) is 0.500. The average molecular weight is 307 g/mol. The van der Waals surface area contributed by atoms with Crippen molar-refractivity contribution in [3.63, 3.8) is 0 Å². The Bertz CT molecular complexity index is 500. The van der Waals surface area contributed by atoms with Crippen molar-refractivity contribution < 1.29 is 14.3 Å². The fourth-order valence-corrected chi connectivity index (χ4v) is 3.32. The van der Waals surface area contributed by atoms with Gasteiger partial charge < -0.3 is 9.64 Å². The van der Waals surface area contributed by atoms with Crippen molar-refractivity contribution >= 4 is 29.3 Å². The Kier molecular flexibility index (Phi) is 5.56. The molecule has 1 fully saturated rings. The monoisotopic (exact) mass is 307 g/mol. The Morgan fingerprint density at radius 1 is 1.38 bits per heavy atom. The molecule has 2 rings (SSSR count). The summed E-state index contributed by atoms with van der Waals surface area (Å²) < 4.78 is 5.04. The molecular formula is C16H21NO3S. The predicted octanol–water partition coefficient (Wildman–Crippen LogP) is 3.09. The molecular weight excluding hydrogens is 286 g/mol. The van der Waals surface area contributed by atoms with E-state index in [1.165, 1.54) is 6.08 Å². The van der Waals surface area contributed by atoms with Gasteiger partial charge in [-0.2, -0.15) is 0 Å². The van der Waals surface area contributed by atoms with E-state index in [1.807, 2.05) is 36.3 Å². The highest BCUT2D eigenvalue weighted by Crippen LogP contribution is 2.22. The highest BCUT2D eigenvalue weighted by molar-refractivity contribution is 7.10. The zero-order valence-corrected chi connectivity index (χ0v) is 13.3. The van der Waals surface area contributed by atoms with Crippen LogP contribution >= 0.6 is 11.3 Å². The van der Waals surface area contributed by atoms with E-state index in [1.54, 1.807) is 17.4 Å². The quantitative estimate of drug-likeness (QED) is 0.634. The second-order valence-electron chi connectivity index (χ2n) is 5.39. The summed E-state index contributed by atoms with van der Waals surface area (Å²) in [6.45, 7) is 3.92. The van der Waals surface area contributed by atoms with Gasteiger partial charge in [-0.3, -0.25) is 4.79 Å². The summed E-state index contributed by atoms with van der Waals surface area (Å²) in [5.41, 5.74) is 0. The van der Waals surface area contributed by atoms with Gasteiger partial charge in [0.25, 0.3) is 5.91 Å². The predicted molar refractivity (Wildman–Crippen MR) is 83.9 cm³/mol. The minimum Gasteiger partial charge on any atom is -0.452 e. The summed E-state index contributed by atoms with van der Waals surface area (Å²) >= 11 is 1.54. The van der Waals surface area contributed by atoms with Gasteiger partial charge >= 0.3 is 5.97 Å². The minimum absolute atomic E-state index is 0.104. The molecule has 21 heavy (non-hydrogen) atoms. The van der Waals surface area contributed by atoms with Crippen molar-refractivity contribution in [2.45, 2.75) is 45.2 Å². The van der Waals surface area contributed by atoms with Gasteiger partial charge in [0.2, 0.25) is 0 Å². The second-order valence-corrected chi connectivity index (χ2v) is 6.37. The number of ether oxygens (including phenoxy) is 1. The standard InChI is InChI=1S/C16H21NO3S/c1-12-5-3-6-13(2)17(12)15(18)11-20-16(19)9-8-14-7-4-10-21-14/h4,7-10,12-13H,3,5-6,11H2,1-2H3/b9-8+. The molecule has 2 atom stereocenters. The molecule has 0 N–H and O–H groups in total. The number of esters is 1. The van der Waals surface area contributed by atoms with Gasteiger partial charge in [0, 0.05) is 23.0 Å². The summed E-state index contributed by atoms with van der Waals surface area (Å²) in [6.07, 6.45) is 6.24. The van der Waals surface area contributed by atoms with E-state index in [0.717, 1.165) is 24.1 Å². The Hall–Kier alpha value is -1.62. The van der Waals surface area contributed by atoms with Crippen LogP contribution in [-0.4, -0.2) is 35.5 Å². The molecule has 0 spiro atoms. The molecule has 1 amide bonds. The van der Waals surface area contributed by atoms with Gasteiger partial charge in [-0.05, 0) is 50.6 Å². The van der Waals surface area contributed by atoms with Crippen LogP contribution in [0.5, 0.6) is 0 Å². The largest absolute Gasteiger partial charge is 0.452 e. The van der Waals surface area contributed by atoms with Gasteiger partial charge in [0.15, 0.2) is 6.61 Å². The number of rotatable bonds is 4. The molecule has 0 bridgehead atoms. The number of amides is 1. The third-order valence-electron chi connectivity index (χ3n) is 3.75. The Morgan fingerprint density at radius 3 is 2.71 bits per heavy atom. The highest BCUT2D eigenvalue weighted by atomic mass is 32.1. The van der Waals surface area contributed by atoms with Crippen molar-refractivity contribution in [2.75, 3.05) is 6.61 Å². The third-order valence-corrected chi connectivity index (χ3v) is 4.58. The lowest BCUT2D eigenvalue weighted by Gasteiger charge is -2.38. The van der Waals surface area contributed by atoms with Crippen molar-refractivity contribution in [1.82, 2.24) is 4.90 Å². The van der Waals surface area contributed by atoms with E-state index in [9.17, 15) is 9.59 Å². The summed E-state index contributed by atoms with van der Waals surface area (Å²) in [5.74, 6) is -0.582. The first-order valence-electron chi connectivity index (χ1n) is 7.27. The van der Waals surface area contributed by atoms with Gasteiger partial charge in [0.1, 0.15) is 0 Å². The number of nitrogens with zero attached hydrogens (tertiary/aromatic N) is 1. The molecule has 1 aromatic heterocycles. The molecule has 0 aromatic carbocycles. The number of hydrogen-bond donors (Lipinski definition) is 0. The minimum atomic E-state index is -0.478. The van der Waals surface area contributed by atoms with E-state index in [2.05, 4.69) is 0 Å². The maximum absolute atomic E-state index is 12.2. The number of carbonyl (C=O) groups is 2. The van der Waals surface area contributed by atoms with Crippen LogP contribution in [0.1, 0.15) is 38.0 Å². The Labute approximate surface area is 129 Å². The second kappa shape index (κ2) is 7.41. The molecule has 2 unspecified atom stereocenters. The lowest BCUT2D eigenvalue weighted by Crippen LogP contribution is -2.49. The average Bonchev–Trinajstić information content (AvgIpc) is 2.96. The van der Waals surface area contributed by atoms with Crippen molar-refractivity contribution in [1.29, 1.82) is 0 Å². The zero-order chi connectivity index (χ0) is 15.2. The molecule has 5 heteroatoms. The molecule has 1 aromatic rings. The van der Waals surface area contributed by atoms with Crippen molar-refractivity contribution in [3.05, 3.63) is 28.5 Å². The first-order valence-corrected chi connectivity index (χ1v) is 8.15. The normalized spacial score (nSPS) is 22.5. The van der Waals surface area contributed by atoms with Crippen LogP contribution < -0.4 is 0 Å². The summed E-state index contributed by atoms with van der Waals surface area (Å²) in [7, 11) is 0. The Morgan fingerprint density at radius 2 is 2.10 bits per heavy atom. The van der Waals surface area contributed by atoms with Gasteiger partial charge in [-0.25, -0.2) is 4.79 Å². The summed E-state index contributed by atoms with van der Waals surface area (Å²) in [6, 6.07) is 4.28. The first-order chi connectivity index (χ1) is 10.1. The maximum Gasteiger partial charge on any atom is 0.331 e. The van der Waals surface area contributed by atoms with Crippen LogP contribution in [0.15, 0.2) is 23.6 Å². The van der Waals surface area contributed by atoms with E-state index in [-0.39, 0.29) is 24.6 Å². The Balaban J connectivity index is 1.81. The topological polar surface area (TPSA) is 46.6 Å².